The molecule has 0 amide bonds. The van der Waals surface area contributed by atoms with Gasteiger partial charge in [0, 0.05) is 24.3 Å². The van der Waals surface area contributed by atoms with Gasteiger partial charge in [-0.2, -0.15) is 0 Å². The van der Waals surface area contributed by atoms with Crippen molar-refractivity contribution in [3.63, 3.8) is 0 Å². The summed E-state index contributed by atoms with van der Waals surface area (Å²) in [5, 5.41) is 3.63. The van der Waals surface area contributed by atoms with Gasteiger partial charge in [0.15, 0.2) is 0 Å². The van der Waals surface area contributed by atoms with Crippen molar-refractivity contribution in [2.24, 2.45) is 0 Å². The second-order valence-corrected chi connectivity index (χ2v) is 5.16. The Balaban J connectivity index is 2.02. The maximum absolute atomic E-state index is 3.63. The molecule has 1 aromatic rings. The van der Waals surface area contributed by atoms with Crippen LogP contribution in [-0.4, -0.2) is 30.6 Å². The average Bonchev–Trinajstić information content (AvgIpc) is 2.52. The van der Waals surface area contributed by atoms with Crippen LogP contribution >= 0.6 is 0 Å². The monoisotopic (exact) mass is 218 g/mol. The third-order valence-electron chi connectivity index (χ3n) is 3.76. The SMILES string of the molecule is Cc1ccc(NC2CC(C)N(C)C2)cc1C. The topological polar surface area (TPSA) is 15.3 Å². The Morgan fingerprint density at radius 1 is 1.25 bits per heavy atom. The summed E-state index contributed by atoms with van der Waals surface area (Å²) in [4.78, 5) is 2.42. The zero-order valence-electron chi connectivity index (χ0n) is 10.7. The molecular formula is C14H22N2. The smallest absolute Gasteiger partial charge is 0.0403 e. The number of nitrogens with one attached hydrogen (secondary N) is 1. The predicted octanol–water partition coefficient (Wildman–Crippen LogP) is 2.81. The first-order valence-corrected chi connectivity index (χ1v) is 6.10. The predicted molar refractivity (Wildman–Crippen MR) is 70.0 cm³/mol. The summed E-state index contributed by atoms with van der Waals surface area (Å²) in [6.45, 7) is 7.77. The largest absolute Gasteiger partial charge is 0.381 e. The van der Waals surface area contributed by atoms with Gasteiger partial charge in [0.1, 0.15) is 0 Å². The van der Waals surface area contributed by atoms with Gasteiger partial charge in [-0.05, 0) is 57.5 Å². The maximum Gasteiger partial charge on any atom is 0.0403 e. The normalized spacial score (nSPS) is 26.0. The zero-order valence-corrected chi connectivity index (χ0v) is 10.7. The molecule has 0 spiro atoms. The fourth-order valence-electron chi connectivity index (χ4n) is 2.37. The number of likely N-dealkylation sites (N-methyl/N-ethyl adjacent to an activating group) is 1. The molecule has 2 unspecified atom stereocenters. The molecule has 2 rings (SSSR count). The number of rotatable bonds is 2. The lowest BCUT2D eigenvalue weighted by molar-refractivity contribution is 0.330. The summed E-state index contributed by atoms with van der Waals surface area (Å²) in [5.74, 6) is 0. The minimum Gasteiger partial charge on any atom is -0.381 e. The molecule has 1 aliphatic rings. The number of anilines is 1. The molecule has 1 heterocycles. The first-order valence-electron chi connectivity index (χ1n) is 6.10. The molecule has 88 valence electrons. The van der Waals surface area contributed by atoms with Crippen molar-refractivity contribution in [3.8, 4) is 0 Å². The number of aryl methyl sites for hydroxylation is 2. The van der Waals surface area contributed by atoms with Crippen LogP contribution in [-0.2, 0) is 0 Å². The first kappa shape index (κ1) is 11.5. The summed E-state index contributed by atoms with van der Waals surface area (Å²) in [7, 11) is 2.20. The van der Waals surface area contributed by atoms with E-state index in [4.69, 9.17) is 0 Å². The third-order valence-corrected chi connectivity index (χ3v) is 3.76. The van der Waals surface area contributed by atoms with E-state index in [-0.39, 0.29) is 0 Å². The van der Waals surface area contributed by atoms with Crippen LogP contribution in [0.25, 0.3) is 0 Å². The van der Waals surface area contributed by atoms with E-state index >= 15 is 0 Å². The minimum absolute atomic E-state index is 0.599. The standard InChI is InChI=1S/C14H22N2/c1-10-5-6-13(7-11(10)2)15-14-8-12(3)16(4)9-14/h5-7,12,14-15H,8-9H2,1-4H3. The van der Waals surface area contributed by atoms with Crippen molar-refractivity contribution >= 4 is 5.69 Å². The highest BCUT2D eigenvalue weighted by molar-refractivity contribution is 5.49. The van der Waals surface area contributed by atoms with Crippen LogP contribution in [0.3, 0.4) is 0 Å². The molecule has 2 atom stereocenters. The van der Waals surface area contributed by atoms with Gasteiger partial charge in [0.05, 0.1) is 0 Å². The number of nitrogens with zero attached hydrogens (tertiary/aromatic N) is 1. The Labute approximate surface area is 98.7 Å². The molecule has 1 saturated heterocycles. The molecule has 0 aliphatic carbocycles. The van der Waals surface area contributed by atoms with E-state index < -0.39 is 0 Å². The Bertz CT molecular complexity index is 363. The van der Waals surface area contributed by atoms with E-state index in [9.17, 15) is 0 Å². The maximum atomic E-state index is 3.63. The van der Waals surface area contributed by atoms with E-state index in [1.54, 1.807) is 0 Å². The Morgan fingerprint density at radius 3 is 2.56 bits per heavy atom. The molecule has 1 fully saturated rings. The number of likely N-dealkylation sites (tertiary alicyclic amines) is 1. The van der Waals surface area contributed by atoms with Crippen molar-refractivity contribution < 1.29 is 0 Å². The highest BCUT2D eigenvalue weighted by atomic mass is 15.2. The Kier molecular flexibility index (Phi) is 3.20. The van der Waals surface area contributed by atoms with E-state index in [1.165, 1.54) is 23.2 Å². The van der Waals surface area contributed by atoms with Crippen molar-refractivity contribution in [1.29, 1.82) is 0 Å². The van der Waals surface area contributed by atoms with Crippen LogP contribution in [0.15, 0.2) is 18.2 Å². The number of hydrogen-bond acceptors (Lipinski definition) is 2. The van der Waals surface area contributed by atoms with E-state index in [0.29, 0.717) is 12.1 Å². The molecule has 1 aliphatic heterocycles. The lowest BCUT2D eigenvalue weighted by Gasteiger charge is -2.15. The molecular weight excluding hydrogens is 196 g/mol. The van der Waals surface area contributed by atoms with Crippen LogP contribution in [0.2, 0.25) is 0 Å². The van der Waals surface area contributed by atoms with Crippen LogP contribution < -0.4 is 5.32 Å². The number of hydrogen-bond donors (Lipinski definition) is 1. The molecule has 2 heteroatoms. The summed E-state index contributed by atoms with van der Waals surface area (Å²) in [5.41, 5.74) is 3.99. The number of benzene rings is 1. The molecule has 0 aromatic heterocycles. The minimum atomic E-state index is 0.599. The third kappa shape index (κ3) is 2.38. The van der Waals surface area contributed by atoms with Crippen molar-refractivity contribution in [2.45, 2.75) is 39.3 Å². The zero-order chi connectivity index (χ0) is 11.7. The molecule has 16 heavy (non-hydrogen) atoms. The molecule has 2 nitrogen and oxygen atoms in total. The van der Waals surface area contributed by atoms with Crippen molar-refractivity contribution in [2.75, 3.05) is 18.9 Å². The van der Waals surface area contributed by atoms with Gasteiger partial charge < -0.3 is 10.2 Å². The molecule has 1 aromatic carbocycles. The summed E-state index contributed by atoms with van der Waals surface area (Å²) < 4.78 is 0. The Hall–Kier alpha value is -1.02. The summed E-state index contributed by atoms with van der Waals surface area (Å²) in [6, 6.07) is 7.93. The van der Waals surface area contributed by atoms with Gasteiger partial charge in [-0.25, -0.2) is 0 Å². The molecule has 0 radical (unpaired) electrons. The summed E-state index contributed by atoms with van der Waals surface area (Å²) in [6.07, 6.45) is 1.24. The van der Waals surface area contributed by atoms with Gasteiger partial charge >= 0.3 is 0 Å². The van der Waals surface area contributed by atoms with E-state index in [1.807, 2.05) is 0 Å². The van der Waals surface area contributed by atoms with Gasteiger partial charge in [-0.15, -0.1) is 0 Å². The van der Waals surface area contributed by atoms with Gasteiger partial charge in [-0.1, -0.05) is 6.07 Å². The Morgan fingerprint density at radius 2 is 2.00 bits per heavy atom. The van der Waals surface area contributed by atoms with Gasteiger partial charge in [0.2, 0.25) is 0 Å². The average molecular weight is 218 g/mol. The van der Waals surface area contributed by atoms with Crippen LogP contribution in [0.5, 0.6) is 0 Å². The fourth-order valence-corrected chi connectivity index (χ4v) is 2.37. The van der Waals surface area contributed by atoms with Gasteiger partial charge in [-0.3, -0.25) is 0 Å². The van der Waals surface area contributed by atoms with Crippen LogP contribution in [0.1, 0.15) is 24.5 Å². The van der Waals surface area contributed by atoms with Gasteiger partial charge in [0.25, 0.3) is 0 Å². The molecule has 0 bridgehead atoms. The lowest BCUT2D eigenvalue weighted by Crippen LogP contribution is -2.24. The summed E-state index contributed by atoms with van der Waals surface area (Å²) >= 11 is 0. The first-order chi connectivity index (χ1) is 7.56. The molecule has 0 saturated carbocycles. The fraction of sp³-hybridized carbons (Fsp3) is 0.571. The highest BCUT2D eigenvalue weighted by Gasteiger charge is 2.25. The lowest BCUT2D eigenvalue weighted by atomic mass is 10.1. The van der Waals surface area contributed by atoms with E-state index in [2.05, 4.69) is 56.2 Å². The molecule has 1 N–H and O–H groups in total. The van der Waals surface area contributed by atoms with Crippen LogP contribution in [0, 0.1) is 13.8 Å². The quantitative estimate of drug-likeness (QED) is 0.821. The second-order valence-electron chi connectivity index (χ2n) is 5.16. The highest BCUT2D eigenvalue weighted by Crippen LogP contribution is 2.21. The second kappa shape index (κ2) is 4.46. The van der Waals surface area contributed by atoms with E-state index in [0.717, 1.165) is 6.54 Å². The van der Waals surface area contributed by atoms with Crippen molar-refractivity contribution in [3.05, 3.63) is 29.3 Å². The van der Waals surface area contributed by atoms with Crippen molar-refractivity contribution in [1.82, 2.24) is 4.90 Å². The van der Waals surface area contributed by atoms with Crippen LogP contribution in [0.4, 0.5) is 5.69 Å².